The van der Waals surface area contributed by atoms with Gasteiger partial charge in [-0.3, -0.25) is 0 Å². The molecule has 0 spiro atoms. The minimum absolute atomic E-state index is 0.755. The van der Waals surface area contributed by atoms with Gasteiger partial charge >= 0.3 is 0 Å². The molecule has 0 aromatic carbocycles. The molecule has 1 rings (SSSR count). The largest absolute Gasteiger partial charge is 0.377 e. The fourth-order valence-electron chi connectivity index (χ4n) is 1.39. The average molecular weight is 125 g/mol. The first-order valence-electron chi connectivity index (χ1n) is 3.60. The summed E-state index contributed by atoms with van der Waals surface area (Å²) in [6.45, 7) is 4.54. The number of nitrogens with zero attached hydrogens (tertiary/aromatic N) is 1. The summed E-state index contributed by atoms with van der Waals surface area (Å²) in [5.41, 5.74) is 0. The fraction of sp³-hybridized carbons (Fsp3) is 0.750. The summed E-state index contributed by atoms with van der Waals surface area (Å²) < 4.78 is 0. The Labute approximate surface area is 57.4 Å². The molecule has 1 aliphatic heterocycles. The highest BCUT2D eigenvalue weighted by Crippen LogP contribution is 2.18. The van der Waals surface area contributed by atoms with Gasteiger partial charge in [0.2, 0.25) is 0 Å². The Kier molecular flexibility index (Phi) is 1.79. The molecule has 0 radical (unpaired) electrons. The van der Waals surface area contributed by atoms with Crippen LogP contribution in [0.1, 0.15) is 20.3 Å². The van der Waals surface area contributed by atoms with Gasteiger partial charge in [-0.1, -0.05) is 19.9 Å². The van der Waals surface area contributed by atoms with E-state index in [-0.39, 0.29) is 0 Å². The third-order valence-corrected chi connectivity index (χ3v) is 2.01. The van der Waals surface area contributed by atoms with Crippen molar-refractivity contribution in [2.75, 3.05) is 7.05 Å². The standard InChI is InChI=1S/C8H15N/c1-7(2)8-5-4-6-9(8)3/h4,6-8H,5H2,1-3H3. The summed E-state index contributed by atoms with van der Waals surface area (Å²) in [4.78, 5) is 2.30. The Morgan fingerprint density at radius 1 is 1.56 bits per heavy atom. The molecule has 1 atom stereocenters. The maximum absolute atomic E-state index is 2.30. The quantitative estimate of drug-likeness (QED) is 0.517. The van der Waals surface area contributed by atoms with E-state index in [1.54, 1.807) is 0 Å². The molecular weight excluding hydrogens is 110 g/mol. The number of rotatable bonds is 1. The van der Waals surface area contributed by atoms with Crippen LogP contribution < -0.4 is 0 Å². The summed E-state index contributed by atoms with van der Waals surface area (Å²) >= 11 is 0. The molecule has 0 aliphatic carbocycles. The molecule has 0 aromatic heterocycles. The van der Waals surface area contributed by atoms with Crippen LogP contribution in [0.3, 0.4) is 0 Å². The lowest BCUT2D eigenvalue weighted by Gasteiger charge is -2.24. The van der Waals surface area contributed by atoms with Crippen LogP contribution >= 0.6 is 0 Å². The zero-order valence-electron chi connectivity index (χ0n) is 6.46. The van der Waals surface area contributed by atoms with Gasteiger partial charge < -0.3 is 4.90 Å². The lowest BCUT2D eigenvalue weighted by Crippen LogP contribution is -2.27. The first kappa shape index (κ1) is 6.66. The van der Waals surface area contributed by atoms with Crippen LogP contribution in [0.5, 0.6) is 0 Å². The van der Waals surface area contributed by atoms with Crippen LogP contribution in [-0.4, -0.2) is 18.0 Å². The van der Waals surface area contributed by atoms with Crippen molar-refractivity contribution in [2.45, 2.75) is 26.3 Å². The first-order valence-corrected chi connectivity index (χ1v) is 3.60. The van der Waals surface area contributed by atoms with Gasteiger partial charge in [-0.25, -0.2) is 0 Å². The van der Waals surface area contributed by atoms with Gasteiger partial charge in [0.15, 0.2) is 0 Å². The van der Waals surface area contributed by atoms with Crippen LogP contribution in [0.25, 0.3) is 0 Å². The Morgan fingerprint density at radius 2 is 2.22 bits per heavy atom. The van der Waals surface area contributed by atoms with E-state index in [9.17, 15) is 0 Å². The van der Waals surface area contributed by atoms with Crippen molar-refractivity contribution in [2.24, 2.45) is 5.92 Å². The fourth-order valence-corrected chi connectivity index (χ4v) is 1.39. The molecule has 0 bridgehead atoms. The predicted molar refractivity (Wildman–Crippen MR) is 40.1 cm³/mol. The molecule has 0 saturated heterocycles. The van der Waals surface area contributed by atoms with Gasteiger partial charge in [-0.15, -0.1) is 0 Å². The Balaban J connectivity index is 2.45. The average Bonchev–Trinajstić information content (AvgIpc) is 2.13. The van der Waals surface area contributed by atoms with Gasteiger partial charge in [-0.05, 0) is 18.5 Å². The molecule has 1 heterocycles. The lowest BCUT2D eigenvalue weighted by atomic mass is 10.0. The molecule has 0 N–H and O–H groups in total. The van der Waals surface area contributed by atoms with E-state index in [1.165, 1.54) is 6.42 Å². The van der Waals surface area contributed by atoms with Crippen molar-refractivity contribution in [3.63, 3.8) is 0 Å². The van der Waals surface area contributed by atoms with Gasteiger partial charge in [0.25, 0.3) is 0 Å². The molecule has 0 amide bonds. The van der Waals surface area contributed by atoms with E-state index in [4.69, 9.17) is 0 Å². The van der Waals surface area contributed by atoms with Crippen molar-refractivity contribution in [3.05, 3.63) is 12.3 Å². The molecule has 1 aliphatic rings. The topological polar surface area (TPSA) is 3.24 Å². The minimum Gasteiger partial charge on any atom is -0.377 e. The summed E-state index contributed by atoms with van der Waals surface area (Å²) in [6.07, 6.45) is 5.64. The molecule has 9 heavy (non-hydrogen) atoms. The van der Waals surface area contributed by atoms with Crippen molar-refractivity contribution < 1.29 is 0 Å². The van der Waals surface area contributed by atoms with E-state index in [0.717, 1.165) is 12.0 Å². The van der Waals surface area contributed by atoms with E-state index in [2.05, 4.69) is 38.1 Å². The Bertz CT molecular complexity index is 116. The van der Waals surface area contributed by atoms with E-state index >= 15 is 0 Å². The van der Waals surface area contributed by atoms with E-state index < -0.39 is 0 Å². The van der Waals surface area contributed by atoms with Crippen LogP contribution in [0.4, 0.5) is 0 Å². The Morgan fingerprint density at radius 3 is 2.44 bits per heavy atom. The molecular formula is C8H15N. The monoisotopic (exact) mass is 125 g/mol. The number of hydrogen-bond donors (Lipinski definition) is 0. The lowest BCUT2D eigenvalue weighted by molar-refractivity contribution is 0.283. The van der Waals surface area contributed by atoms with Gasteiger partial charge in [-0.2, -0.15) is 0 Å². The second-order valence-corrected chi connectivity index (χ2v) is 3.10. The second-order valence-electron chi connectivity index (χ2n) is 3.10. The molecule has 1 unspecified atom stereocenters. The predicted octanol–water partition coefficient (Wildman–Crippen LogP) is 1.86. The van der Waals surface area contributed by atoms with E-state index in [0.29, 0.717) is 0 Å². The summed E-state index contributed by atoms with van der Waals surface area (Å²) in [5, 5.41) is 0. The summed E-state index contributed by atoms with van der Waals surface area (Å²) in [7, 11) is 2.15. The highest BCUT2D eigenvalue weighted by Gasteiger charge is 2.17. The van der Waals surface area contributed by atoms with E-state index in [1.807, 2.05) is 0 Å². The van der Waals surface area contributed by atoms with Crippen LogP contribution in [0.2, 0.25) is 0 Å². The van der Waals surface area contributed by atoms with Crippen LogP contribution in [0, 0.1) is 5.92 Å². The summed E-state index contributed by atoms with van der Waals surface area (Å²) in [5.74, 6) is 0.782. The molecule has 0 saturated carbocycles. The summed E-state index contributed by atoms with van der Waals surface area (Å²) in [6, 6.07) is 0.755. The highest BCUT2D eigenvalue weighted by atomic mass is 15.1. The maximum Gasteiger partial charge on any atom is 0.0339 e. The molecule has 0 aromatic rings. The SMILES string of the molecule is CC(C)C1CC=CN1C. The maximum atomic E-state index is 2.30. The van der Waals surface area contributed by atoms with Crippen molar-refractivity contribution >= 4 is 0 Å². The zero-order chi connectivity index (χ0) is 6.85. The van der Waals surface area contributed by atoms with Gasteiger partial charge in [0, 0.05) is 13.1 Å². The third-order valence-electron chi connectivity index (χ3n) is 2.01. The minimum atomic E-state index is 0.755. The normalized spacial score (nSPS) is 26.2. The first-order chi connectivity index (χ1) is 4.22. The second kappa shape index (κ2) is 2.42. The zero-order valence-corrected chi connectivity index (χ0v) is 6.46. The Hall–Kier alpha value is -0.460. The third kappa shape index (κ3) is 1.26. The van der Waals surface area contributed by atoms with Crippen molar-refractivity contribution in [1.82, 2.24) is 4.90 Å². The molecule has 52 valence electrons. The van der Waals surface area contributed by atoms with Crippen molar-refractivity contribution in [1.29, 1.82) is 0 Å². The van der Waals surface area contributed by atoms with Crippen LogP contribution in [-0.2, 0) is 0 Å². The smallest absolute Gasteiger partial charge is 0.0339 e. The highest BCUT2D eigenvalue weighted by molar-refractivity contribution is 4.97. The van der Waals surface area contributed by atoms with Gasteiger partial charge in [0.1, 0.15) is 0 Å². The molecule has 1 heteroatoms. The molecule has 0 fully saturated rings. The van der Waals surface area contributed by atoms with Crippen molar-refractivity contribution in [3.8, 4) is 0 Å². The number of hydrogen-bond acceptors (Lipinski definition) is 1. The van der Waals surface area contributed by atoms with Crippen LogP contribution in [0.15, 0.2) is 12.3 Å². The van der Waals surface area contributed by atoms with Gasteiger partial charge in [0.05, 0.1) is 0 Å². The molecule has 1 nitrogen and oxygen atoms in total.